The minimum absolute atomic E-state index is 0.264. The zero-order valence-electron chi connectivity index (χ0n) is 14.7. The summed E-state index contributed by atoms with van der Waals surface area (Å²) in [5.74, 6) is 2.02. The van der Waals surface area contributed by atoms with E-state index in [-0.39, 0.29) is 11.7 Å². The highest BCUT2D eigenvalue weighted by atomic mass is 79.9. The number of rotatable bonds is 6. The molecule has 0 bridgehead atoms. The van der Waals surface area contributed by atoms with Crippen molar-refractivity contribution >= 4 is 27.7 Å². The standard InChI is InChI=1S/C17H19BrN6O2/c1-10-8-11(2)24(23-10)16-9-15(21-12(3)22-16)19-6-7-20-17(25)13-4-5-14(18)26-13/h4-5,8-9H,6-7H2,1-3H3,(H,20,25)(H,19,21,22). The molecule has 0 spiro atoms. The van der Waals surface area contributed by atoms with E-state index in [1.54, 1.807) is 16.8 Å². The molecule has 136 valence electrons. The first-order chi connectivity index (χ1) is 12.4. The number of halogens is 1. The quantitative estimate of drug-likeness (QED) is 0.597. The molecular formula is C17H19BrN6O2. The van der Waals surface area contributed by atoms with Crippen molar-refractivity contribution in [2.24, 2.45) is 0 Å². The lowest BCUT2D eigenvalue weighted by Gasteiger charge is -2.10. The van der Waals surface area contributed by atoms with E-state index in [0.717, 1.165) is 11.4 Å². The van der Waals surface area contributed by atoms with Crippen molar-refractivity contribution in [1.29, 1.82) is 0 Å². The summed E-state index contributed by atoms with van der Waals surface area (Å²) < 4.78 is 7.51. The molecule has 0 aliphatic rings. The third kappa shape index (κ3) is 4.29. The molecule has 0 saturated carbocycles. The number of carbonyl (C=O) groups excluding carboxylic acids is 1. The lowest BCUT2D eigenvalue weighted by Crippen LogP contribution is -2.28. The Kier molecular flexibility index (Phi) is 5.36. The van der Waals surface area contributed by atoms with Crippen molar-refractivity contribution in [3.8, 4) is 5.82 Å². The highest BCUT2D eigenvalue weighted by molar-refractivity contribution is 9.10. The maximum atomic E-state index is 11.9. The molecule has 0 unspecified atom stereocenters. The number of carbonyl (C=O) groups is 1. The van der Waals surface area contributed by atoms with Crippen LogP contribution in [0.15, 0.2) is 33.4 Å². The predicted molar refractivity (Wildman–Crippen MR) is 101 cm³/mol. The number of nitrogens with zero attached hydrogens (tertiary/aromatic N) is 4. The van der Waals surface area contributed by atoms with E-state index in [0.29, 0.717) is 35.2 Å². The Hall–Kier alpha value is -2.68. The third-order valence-electron chi connectivity index (χ3n) is 3.56. The molecule has 3 aromatic heterocycles. The Morgan fingerprint density at radius 1 is 1.19 bits per heavy atom. The van der Waals surface area contributed by atoms with Crippen LogP contribution in [0.25, 0.3) is 5.82 Å². The Bertz CT molecular complexity index is 933. The van der Waals surface area contributed by atoms with E-state index in [9.17, 15) is 4.79 Å². The molecule has 0 aromatic carbocycles. The first-order valence-corrected chi connectivity index (χ1v) is 8.88. The Morgan fingerprint density at radius 2 is 2.00 bits per heavy atom. The minimum Gasteiger partial charge on any atom is -0.444 e. The fraction of sp³-hybridized carbons (Fsp3) is 0.294. The molecule has 2 N–H and O–H groups in total. The van der Waals surface area contributed by atoms with Crippen molar-refractivity contribution in [2.45, 2.75) is 20.8 Å². The van der Waals surface area contributed by atoms with Gasteiger partial charge in [0.2, 0.25) is 0 Å². The monoisotopic (exact) mass is 418 g/mol. The number of aromatic nitrogens is 4. The van der Waals surface area contributed by atoms with Crippen LogP contribution < -0.4 is 10.6 Å². The minimum atomic E-state index is -0.264. The van der Waals surface area contributed by atoms with E-state index in [4.69, 9.17) is 4.42 Å². The fourth-order valence-corrected chi connectivity index (χ4v) is 2.81. The normalized spacial score (nSPS) is 10.8. The summed E-state index contributed by atoms with van der Waals surface area (Å²) >= 11 is 3.17. The predicted octanol–water partition coefficient (Wildman–Crippen LogP) is 2.78. The number of anilines is 1. The Balaban J connectivity index is 1.60. The van der Waals surface area contributed by atoms with Gasteiger partial charge in [0.05, 0.1) is 5.69 Å². The van der Waals surface area contributed by atoms with Crippen LogP contribution in [0.5, 0.6) is 0 Å². The van der Waals surface area contributed by atoms with Gasteiger partial charge in [-0.3, -0.25) is 4.79 Å². The highest BCUT2D eigenvalue weighted by Crippen LogP contribution is 2.14. The summed E-state index contributed by atoms with van der Waals surface area (Å²) in [6.45, 7) is 6.69. The molecular weight excluding hydrogens is 400 g/mol. The van der Waals surface area contributed by atoms with E-state index in [2.05, 4.69) is 41.6 Å². The number of amides is 1. The van der Waals surface area contributed by atoms with Gasteiger partial charge in [-0.15, -0.1) is 0 Å². The van der Waals surface area contributed by atoms with Crippen LogP contribution in [-0.2, 0) is 0 Å². The van der Waals surface area contributed by atoms with Crippen LogP contribution in [0.4, 0.5) is 5.82 Å². The second-order valence-electron chi connectivity index (χ2n) is 5.78. The van der Waals surface area contributed by atoms with Gasteiger partial charge in [0.1, 0.15) is 11.6 Å². The van der Waals surface area contributed by atoms with Crippen molar-refractivity contribution in [2.75, 3.05) is 18.4 Å². The lowest BCUT2D eigenvalue weighted by atomic mass is 10.4. The van der Waals surface area contributed by atoms with Gasteiger partial charge in [-0.1, -0.05) is 0 Å². The van der Waals surface area contributed by atoms with Crippen molar-refractivity contribution in [3.63, 3.8) is 0 Å². The Labute approximate surface area is 159 Å². The molecule has 0 aliphatic carbocycles. The highest BCUT2D eigenvalue weighted by Gasteiger charge is 2.10. The van der Waals surface area contributed by atoms with E-state index < -0.39 is 0 Å². The van der Waals surface area contributed by atoms with E-state index in [1.807, 2.05) is 32.9 Å². The molecule has 0 saturated heterocycles. The van der Waals surface area contributed by atoms with Crippen LogP contribution in [0.3, 0.4) is 0 Å². The van der Waals surface area contributed by atoms with Crippen LogP contribution in [-0.4, -0.2) is 38.7 Å². The van der Waals surface area contributed by atoms with Crippen LogP contribution >= 0.6 is 15.9 Å². The van der Waals surface area contributed by atoms with Gasteiger partial charge in [0.25, 0.3) is 5.91 Å². The average Bonchev–Trinajstić information content (AvgIpc) is 3.16. The SMILES string of the molecule is Cc1cc(C)n(-c2cc(NCCNC(=O)c3ccc(Br)o3)nc(C)n2)n1. The summed E-state index contributed by atoms with van der Waals surface area (Å²) in [6.07, 6.45) is 0. The summed E-state index contributed by atoms with van der Waals surface area (Å²) in [4.78, 5) is 20.7. The molecule has 26 heavy (non-hydrogen) atoms. The molecule has 3 rings (SSSR count). The van der Waals surface area contributed by atoms with Gasteiger partial charge >= 0.3 is 0 Å². The Morgan fingerprint density at radius 3 is 2.65 bits per heavy atom. The van der Waals surface area contributed by atoms with Gasteiger partial charge in [-0.25, -0.2) is 14.6 Å². The van der Waals surface area contributed by atoms with Crippen molar-refractivity contribution < 1.29 is 9.21 Å². The average molecular weight is 419 g/mol. The number of furan rings is 1. The van der Waals surface area contributed by atoms with Crippen LogP contribution in [0.1, 0.15) is 27.8 Å². The molecule has 3 heterocycles. The first-order valence-electron chi connectivity index (χ1n) is 8.09. The summed E-state index contributed by atoms with van der Waals surface area (Å²) in [5, 5.41) is 10.4. The van der Waals surface area contributed by atoms with Crippen LogP contribution in [0.2, 0.25) is 0 Å². The number of hydrogen-bond donors (Lipinski definition) is 2. The lowest BCUT2D eigenvalue weighted by molar-refractivity contribution is 0.0926. The second-order valence-corrected chi connectivity index (χ2v) is 6.57. The molecule has 1 amide bonds. The molecule has 8 nitrogen and oxygen atoms in total. The smallest absolute Gasteiger partial charge is 0.287 e. The number of nitrogens with one attached hydrogen (secondary N) is 2. The van der Waals surface area contributed by atoms with E-state index >= 15 is 0 Å². The molecule has 0 radical (unpaired) electrons. The maximum absolute atomic E-state index is 11.9. The zero-order chi connectivity index (χ0) is 18.7. The van der Waals surface area contributed by atoms with Crippen LogP contribution in [0, 0.1) is 20.8 Å². The van der Waals surface area contributed by atoms with Crippen molar-refractivity contribution in [1.82, 2.24) is 25.1 Å². The first kappa shape index (κ1) is 18.1. The van der Waals surface area contributed by atoms with Gasteiger partial charge < -0.3 is 15.1 Å². The topological polar surface area (TPSA) is 97.9 Å². The van der Waals surface area contributed by atoms with E-state index in [1.165, 1.54) is 0 Å². The second kappa shape index (κ2) is 7.69. The van der Waals surface area contributed by atoms with Gasteiger partial charge in [-0.05, 0) is 54.9 Å². The van der Waals surface area contributed by atoms with Gasteiger partial charge in [-0.2, -0.15) is 5.10 Å². The summed E-state index contributed by atoms with van der Waals surface area (Å²) in [5.41, 5.74) is 1.93. The molecule has 0 aliphatic heterocycles. The molecule has 9 heteroatoms. The molecule has 0 fully saturated rings. The summed E-state index contributed by atoms with van der Waals surface area (Å²) in [6, 6.07) is 7.11. The van der Waals surface area contributed by atoms with Gasteiger partial charge in [0.15, 0.2) is 16.2 Å². The molecule has 3 aromatic rings. The molecule has 0 atom stereocenters. The van der Waals surface area contributed by atoms with Crippen molar-refractivity contribution in [3.05, 3.63) is 51.9 Å². The largest absolute Gasteiger partial charge is 0.444 e. The van der Waals surface area contributed by atoms with Gasteiger partial charge in [0, 0.05) is 24.8 Å². The number of aryl methyl sites for hydroxylation is 3. The zero-order valence-corrected chi connectivity index (χ0v) is 16.3. The third-order valence-corrected chi connectivity index (χ3v) is 3.99. The summed E-state index contributed by atoms with van der Waals surface area (Å²) in [7, 11) is 0. The number of hydrogen-bond acceptors (Lipinski definition) is 6. The fourth-order valence-electron chi connectivity index (χ4n) is 2.50. The maximum Gasteiger partial charge on any atom is 0.287 e.